The van der Waals surface area contributed by atoms with Crippen molar-refractivity contribution in [3.8, 4) is 0 Å². The highest BCUT2D eigenvalue weighted by Gasteiger charge is 2.10. The van der Waals surface area contributed by atoms with Gasteiger partial charge in [0, 0.05) is 5.39 Å². The molecule has 2 aromatic rings. The first-order valence-corrected chi connectivity index (χ1v) is 5.86. The molecular formula is C14H12FN3O. The quantitative estimate of drug-likeness (QED) is 0.869. The van der Waals surface area contributed by atoms with Crippen LogP contribution in [0.5, 0.6) is 0 Å². The molecule has 0 amide bonds. The second-order valence-corrected chi connectivity index (χ2v) is 4.27. The van der Waals surface area contributed by atoms with Crippen LogP contribution in [0.2, 0.25) is 0 Å². The molecule has 0 spiro atoms. The Hall–Kier alpha value is -2.56. The fourth-order valence-corrected chi connectivity index (χ4v) is 2.12. The second kappa shape index (κ2) is 4.61. The highest BCUT2D eigenvalue weighted by molar-refractivity contribution is 5.86. The third-order valence-corrected chi connectivity index (χ3v) is 2.96. The predicted octanol–water partition coefficient (Wildman–Crippen LogP) is 2.68. The SMILES string of the molecule is OC1=CN=CN(Cc2ccc(F)c3ccccc23)N1. The lowest BCUT2D eigenvalue weighted by Crippen LogP contribution is -2.37. The molecule has 0 aliphatic carbocycles. The van der Waals surface area contributed by atoms with Crippen LogP contribution in [-0.4, -0.2) is 16.5 Å². The Morgan fingerprint density at radius 3 is 2.74 bits per heavy atom. The van der Waals surface area contributed by atoms with Crippen LogP contribution in [0.3, 0.4) is 0 Å². The number of hydrazine groups is 1. The zero-order valence-electron chi connectivity index (χ0n) is 10.0. The fraction of sp³-hybridized carbons (Fsp3) is 0.0714. The molecule has 96 valence electrons. The van der Waals surface area contributed by atoms with Crippen molar-refractivity contribution in [1.82, 2.24) is 10.4 Å². The van der Waals surface area contributed by atoms with Gasteiger partial charge in [0.2, 0.25) is 5.88 Å². The number of hydrogen-bond donors (Lipinski definition) is 2. The molecule has 0 bridgehead atoms. The molecule has 0 aromatic heterocycles. The van der Waals surface area contributed by atoms with E-state index in [4.69, 9.17) is 0 Å². The van der Waals surface area contributed by atoms with Crippen LogP contribution in [0.25, 0.3) is 10.8 Å². The van der Waals surface area contributed by atoms with Crippen molar-refractivity contribution in [2.24, 2.45) is 4.99 Å². The van der Waals surface area contributed by atoms with E-state index in [-0.39, 0.29) is 11.7 Å². The number of aliphatic hydroxyl groups excluding tert-OH is 1. The van der Waals surface area contributed by atoms with Gasteiger partial charge < -0.3 is 5.11 Å². The summed E-state index contributed by atoms with van der Waals surface area (Å²) in [5, 5.41) is 12.4. The summed E-state index contributed by atoms with van der Waals surface area (Å²) in [5.41, 5.74) is 3.70. The summed E-state index contributed by atoms with van der Waals surface area (Å²) in [5.74, 6) is -0.253. The highest BCUT2D eigenvalue weighted by Crippen LogP contribution is 2.22. The number of aliphatic hydroxyl groups is 1. The van der Waals surface area contributed by atoms with Gasteiger partial charge in [-0.1, -0.05) is 30.3 Å². The highest BCUT2D eigenvalue weighted by atomic mass is 19.1. The fourth-order valence-electron chi connectivity index (χ4n) is 2.12. The van der Waals surface area contributed by atoms with Crippen LogP contribution >= 0.6 is 0 Å². The predicted molar refractivity (Wildman–Crippen MR) is 71.8 cm³/mol. The Labute approximate surface area is 109 Å². The molecule has 1 heterocycles. The number of halogens is 1. The lowest BCUT2D eigenvalue weighted by atomic mass is 10.0. The normalized spacial score (nSPS) is 14.4. The van der Waals surface area contributed by atoms with E-state index in [9.17, 15) is 9.50 Å². The third kappa shape index (κ3) is 2.22. The van der Waals surface area contributed by atoms with Gasteiger partial charge in [-0.05, 0) is 17.0 Å². The largest absolute Gasteiger partial charge is 0.493 e. The van der Waals surface area contributed by atoms with E-state index >= 15 is 0 Å². The Morgan fingerprint density at radius 1 is 1.16 bits per heavy atom. The minimum Gasteiger partial charge on any atom is -0.493 e. The van der Waals surface area contributed by atoms with Crippen molar-refractivity contribution < 1.29 is 9.50 Å². The molecule has 2 aromatic carbocycles. The van der Waals surface area contributed by atoms with Gasteiger partial charge in [-0.2, -0.15) is 0 Å². The number of benzene rings is 2. The Morgan fingerprint density at radius 2 is 1.95 bits per heavy atom. The second-order valence-electron chi connectivity index (χ2n) is 4.27. The molecule has 0 unspecified atom stereocenters. The van der Waals surface area contributed by atoms with E-state index in [1.807, 2.05) is 18.2 Å². The van der Waals surface area contributed by atoms with Crippen molar-refractivity contribution in [1.29, 1.82) is 0 Å². The Balaban J connectivity index is 1.96. The van der Waals surface area contributed by atoms with Crippen LogP contribution in [0.15, 0.2) is 53.5 Å². The summed E-state index contributed by atoms with van der Waals surface area (Å²) < 4.78 is 13.7. The minimum absolute atomic E-state index is 0.0195. The van der Waals surface area contributed by atoms with Gasteiger partial charge in [0.1, 0.15) is 12.2 Å². The molecule has 2 N–H and O–H groups in total. The molecule has 3 rings (SSSR count). The van der Waals surface area contributed by atoms with Gasteiger partial charge in [-0.3, -0.25) is 10.4 Å². The number of aliphatic imine (C=N–C) groups is 1. The van der Waals surface area contributed by atoms with Gasteiger partial charge in [0.05, 0.1) is 12.7 Å². The third-order valence-electron chi connectivity index (χ3n) is 2.96. The van der Waals surface area contributed by atoms with Gasteiger partial charge in [0.25, 0.3) is 0 Å². The number of nitrogens with zero attached hydrogens (tertiary/aromatic N) is 2. The average molecular weight is 257 g/mol. The summed E-state index contributed by atoms with van der Waals surface area (Å²) in [6.07, 6.45) is 2.89. The van der Waals surface area contributed by atoms with Crippen LogP contribution in [0.4, 0.5) is 4.39 Å². The van der Waals surface area contributed by atoms with Crippen LogP contribution < -0.4 is 5.43 Å². The van der Waals surface area contributed by atoms with Gasteiger partial charge in [-0.25, -0.2) is 9.38 Å². The molecule has 19 heavy (non-hydrogen) atoms. The van der Waals surface area contributed by atoms with Crippen molar-refractivity contribution in [3.63, 3.8) is 0 Å². The standard InChI is InChI=1S/C14H12FN3O/c15-13-6-5-10(11-3-1-2-4-12(11)13)8-18-9-16-7-14(19)17-18/h1-7,9,17,19H,8H2. The minimum atomic E-state index is -0.234. The van der Waals surface area contributed by atoms with Crippen molar-refractivity contribution >= 4 is 17.1 Å². The molecule has 5 heteroatoms. The van der Waals surface area contributed by atoms with Crippen molar-refractivity contribution in [3.05, 3.63) is 59.9 Å². The first-order chi connectivity index (χ1) is 9.24. The zero-order chi connectivity index (χ0) is 13.2. The molecule has 1 aliphatic rings. The van der Waals surface area contributed by atoms with Crippen molar-refractivity contribution in [2.75, 3.05) is 0 Å². The van der Waals surface area contributed by atoms with Gasteiger partial charge in [0.15, 0.2) is 0 Å². The summed E-state index contributed by atoms with van der Waals surface area (Å²) >= 11 is 0. The maximum Gasteiger partial charge on any atom is 0.222 e. The summed E-state index contributed by atoms with van der Waals surface area (Å²) in [7, 11) is 0. The number of hydrogen-bond acceptors (Lipinski definition) is 4. The maximum absolute atomic E-state index is 13.7. The van der Waals surface area contributed by atoms with E-state index < -0.39 is 0 Å². The first kappa shape index (κ1) is 11.5. The lowest BCUT2D eigenvalue weighted by molar-refractivity contribution is 0.241. The maximum atomic E-state index is 13.7. The van der Waals surface area contributed by atoms with E-state index in [1.165, 1.54) is 12.3 Å². The summed E-state index contributed by atoms with van der Waals surface area (Å²) in [6.45, 7) is 0.474. The Bertz CT molecular complexity index is 681. The molecule has 4 nitrogen and oxygen atoms in total. The van der Waals surface area contributed by atoms with E-state index in [2.05, 4.69) is 10.4 Å². The Kier molecular flexibility index (Phi) is 2.79. The molecule has 0 saturated heterocycles. The lowest BCUT2D eigenvalue weighted by Gasteiger charge is -2.23. The van der Waals surface area contributed by atoms with Crippen LogP contribution in [-0.2, 0) is 6.54 Å². The van der Waals surface area contributed by atoms with Crippen molar-refractivity contribution in [2.45, 2.75) is 6.54 Å². The number of nitrogens with one attached hydrogen (secondary N) is 1. The molecule has 0 atom stereocenters. The number of fused-ring (bicyclic) bond motifs is 1. The topological polar surface area (TPSA) is 47.9 Å². The zero-order valence-corrected chi connectivity index (χ0v) is 10.0. The monoisotopic (exact) mass is 257 g/mol. The summed E-state index contributed by atoms with van der Waals surface area (Å²) in [6, 6.07) is 10.5. The van der Waals surface area contributed by atoms with E-state index in [0.29, 0.717) is 11.9 Å². The molecule has 1 aliphatic heterocycles. The van der Waals surface area contributed by atoms with Crippen LogP contribution in [0, 0.1) is 5.82 Å². The average Bonchev–Trinajstić information content (AvgIpc) is 2.42. The molecule has 0 fully saturated rings. The van der Waals surface area contributed by atoms with Crippen LogP contribution in [0.1, 0.15) is 5.56 Å². The first-order valence-electron chi connectivity index (χ1n) is 5.86. The smallest absolute Gasteiger partial charge is 0.222 e. The molecular weight excluding hydrogens is 245 g/mol. The van der Waals surface area contributed by atoms with E-state index in [1.54, 1.807) is 23.5 Å². The van der Waals surface area contributed by atoms with Gasteiger partial charge >= 0.3 is 0 Å². The molecule has 0 saturated carbocycles. The number of rotatable bonds is 2. The van der Waals surface area contributed by atoms with E-state index in [0.717, 1.165) is 10.9 Å². The van der Waals surface area contributed by atoms with Gasteiger partial charge in [-0.15, -0.1) is 0 Å². The summed E-state index contributed by atoms with van der Waals surface area (Å²) in [4.78, 5) is 3.89. The molecule has 0 radical (unpaired) electrons.